The van der Waals surface area contributed by atoms with Crippen molar-refractivity contribution in [1.82, 2.24) is 0 Å². The summed E-state index contributed by atoms with van der Waals surface area (Å²) < 4.78 is 43.7. The Morgan fingerprint density at radius 3 is 2.45 bits per heavy atom. The highest BCUT2D eigenvalue weighted by atomic mass is 19.4. The fourth-order valence-corrected chi connectivity index (χ4v) is 2.16. The lowest BCUT2D eigenvalue weighted by molar-refractivity contribution is -0.137. The first kappa shape index (κ1) is 15.7. The minimum absolute atomic E-state index is 0.0133. The van der Waals surface area contributed by atoms with Crippen molar-refractivity contribution in [3.63, 3.8) is 0 Å². The van der Waals surface area contributed by atoms with Gasteiger partial charge >= 0.3 is 6.18 Å². The number of hydrogen-bond acceptors (Lipinski definition) is 3. The topological polar surface area (TPSA) is 59.0 Å². The van der Waals surface area contributed by atoms with E-state index < -0.39 is 11.7 Å². The zero-order valence-electron chi connectivity index (χ0n) is 11.7. The van der Waals surface area contributed by atoms with E-state index in [1.165, 1.54) is 19.2 Å². The molecular weight excluding hydrogens is 293 g/mol. The second-order valence-corrected chi connectivity index (χ2v) is 4.66. The predicted octanol–water partition coefficient (Wildman–Crippen LogP) is 4.03. The van der Waals surface area contributed by atoms with E-state index in [1.54, 1.807) is 12.1 Å². The van der Waals surface area contributed by atoms with Gasteiger partial charge in [-0.05, 0) is 41.0 Å². The van der Waals surface area contributed by atoms with Gasteiger partial charge < -0.3 is 10.5 Å². The molecule has 0 amide bonds. The van der Waals surface area contributed by atoms with Crippen LogP contribution in [0.25, 0.3) is 11.1 Å². The van der Waals surface area contributed by atoms with Crippen molar-refractivity contribution in [2.45, 2.75) is 12.6 Å². The fraction of sp³-hybridized carbons (Fsp3) is 0.188. The number of nitrogen functional groups attached to an aromatic ring is 1. The first-order chi connectivity index (χ1) is 10.4. The van der Waals surface area contributed by atoms with Gasteiger partial charge in [0.2, 0.25) is 0 Å². The van der Waals surface area contributed by atoms with Crippen LogP contribution in [0, 0.1) is 11.3 Å². The predicted molar refractivity (Wildman–Crippen MR) is 77.2 cm³/mol. The molecule has 0 aliphatic rings. The van der Waals surface area contributed by atoms with Gasteiger partial charge in [0.1, 0.15) is 5.75 Å². The number of anilines is 1. The molecule has 22 heavy (non-hydrogen) atoms. The van der Waals surface area contributed by atoms with Crippen molar-refractivity contribution in [3.05, 3.63) is 47.5 Å². The Labute approximate surface area is 125 Å². The first-order valence-corrected chi connectivity index (χ1v) is 6.37. The van der Waals surface area contributed by atoms with Crippen LogP contribution in [0.2, 0.25) is 0 Å². The number of rotatable bonds is 3. The van der Waals surface area contributed by atoms with Gasteiger partial charge in [0.15, 0.2) is 0 Å². The molecule has 0 aliphatic carbocycles. The van der Waals surface area contributed by atoms with E-state index >= 15 is 0 Å². The maximum Gasteiger partial charge on any atom is 0.416 e. The van der Waals surface area contributed by atoms with Crippen LogP contribution in [-0.2, 0) is 12.6 Å². The standard InChI is InChI=1S/C16H13F3N2O/c1-22-15-5-3-11(8-14(15)21)13-9-12(16(17,18)19)4-2-10(13)6-7-20/h2-5,8-9H,6,21H2,1H3. The number of ether oxygens (including phenoxy) is 1. The van der Waals surface area contributed by atoms with Crippen LogP contribution in [0.15, 0.2) is 36.4 Å². The van der Waals surface area contributed by atoms with Gasteiger partial charge in [-0.25, -0.2) is 0 Å². The Morgan fingerprint density at radius 1 is 1.18 bits per heavy atom. The van der Waals surface area contributed by atoms with Crippen molar-refractivity contribution < 1.29 is 17.9 Å². The number of methoxy groups -OCH3 is 1. The minimum atomic E-state index is -4.45. The van der Waals surface area contributed by atoms with Crippen molar-refractivity contribution >= 4 is 5.69 Å². The number of alkyl halides is 3. The number of halogens is 3. The van der Waals surface area contributed by atoms with Gasteiger partial charge in [-0.3, -0.25) is 0 Å². The van der Waals surface area contributed by atoms with E-state index in [2.05, 4.69) is 0 Å². The number of nitrogens with two attached hydrogens (primary N) is 1. The summed E-state index contributed by atoms with van der Waals surface area (Å²) in [4.78, 5) is 0. The molecule has 0 radical (unpaired) electrons. The molecule has 0 aliphatic heterocycles. The van der Waals surface area contributed by atoms with Gasteiger partial charge in [0, 0.05) is 0 Å². The third-order valence-corrected chi connectivity index (χ3v) is 3.25. The van der Waals surface area contributed by atoms with Crippen LogP contribution in [0.5, 0.6) is 5.75 Å². The molecule has 0 saturated carbocycles. The summed E-state index contributed by atoms with van der Waals surface area (Å²) >= 11 is 0. The van der Waals surface area contributed by atoms with E-state index in [0.29, 0.717) is 28.1 Å². The van der Waals surface area contributed by atoms with Crippen molar-refractivity contribution in [2.75, 3.05) is 12.8 Å². The number of nitriles is 1. The first-order valence-electron chi connectivity index (χ1n) is 6.37. The normalized spacial score (nSPS) is 11.0. The van der Waals surface area contributed by atoms with E-state index in [-0.39, 0.29) is 6.42 Å². The van der Waals surface area contributed by atoms with Gasteiger partial charge in [0.25, 0.3) is 0 Å². The van der Waals surface area contributed by atoms with Crippen LogP contribution in [0.1, 0.15) is 11.1 Å². The highest BCUT2D eigenvalue weighted by Gasteiger charge is 2.31. The Hall–Kier alpha value is -2.68. The quantitative estimate of drug-likeness (QED) is 0.871. The van der Waals surface area contributed by atoms with Crippen LogP contribution in [0.4, 0.5) is 18.9 Å². The van der Waals surface area contributed by atoms with Crippen molar-refractivity contribution in [2.24, 2.45) is 0 Å². The second-order valence-electron chi connectivity index (χ2n) is 4.66. The van der Waals surface area contributed by atoms with Gasteiger partial charge in [0.05, 0.1) is 30.9 Å². The molecule has 114 valence electrons. The molecular formula is C16H13F3N2O. The minimum Gasteiger partial charge on any atom is -0.495 e. The summed E-state index contributed by atoms with van der Waals surface area (Å²) in [5.74, 6) is 0.442. The summed E-state index contributed by atoms with van der Waals surface area (Å²) in [5.41, 5.74) is 6.72. The molecule has 0 aromatic heterocycles. The monoisotopic (exact) mass is 306 g/mol. The zero-order valence-corrected chi connectivity index (χ0v) is 11.7. The molecule has 0 bridgehead atoms. The molecule has 6 heteroatoms. The second kappa shape index (κ2) is 5.98. The van der Waals surface area contributed by atoms with Crippen LogP contribution >= 0.6 is 0 Å². The number of nitrogens with zero attached hydrogens (tertiary/aromatic N) is 1. The Kier molecular flexibility index (Phi) is 4.27. The average Bonchev–Trinajstić information content (AvgIpc) is 2.46. The molecule has 0 spiro atoms. The zero-order chi connectivity index (χ0) is 16.3. The van der Waals surface area contributed by atoms with Crippen molar-refractivity contribution in [3.8, 4) is 22.9 Å². The van der Waals surface area contributed by atoms with Gasteiger partial charge in [-0.2, -0.15) is 18.4 Å². The largest absolute Gasteiger partial charge is 0.495 e. The Morgan fingerprint density at radius 2 is 1.91 bits per heavy atom. The molecule has 2 aromatic carbocycles. The van der Waals surface area contributed by atoms with E-state index in [4.69, 9.17) is 15.7 Å². The Balaban J connectivity index is 2.60. The maximum absolute atomic E-state index is 12.9. The molecule has 0 fully saturated rings. The smallest absolute Gasteiger partial charge is 0.416 e. The molecule has 2 N–H and O–H groups in total. The third kappa shape index (κ3) is 3.14. The van der Waals surface area contributed by atoms with E-state index in [0.717, 1.165) is 12.1 Å². The highest BCUT2D eigenvalue weighted by Crippen LogP contribution is 2.36. The number of benzene rings is 2. The molecule has 2 rings (SSSR count). The molecule has 0 unspecified atom stereocenters. The van der Waals surface area contributed by atoms with E-state index in [1.807, 2.05) is 6.07 Å². The summed E-state index contributed by atoms with van der Waals surface area (Å²) in [6.45, 7) is 0. The van der Waals surface area contributed by atoms with Crippen LogP contribution in [0.3, 0.4) is 0 Å². The maximum atomic E-state index is 12.9. The highest BCUT2D eigenvalue weighted by molar-refractivity contribution is 5.74. The lowest BCUT2D eigenvalue weighted by Crippen LogP contribution is -2.06. The summed E-state index contributed by atoms with van der Waals surface area (Å²) in [5, 5.41) is 8.84. The summed E-state index contributed by atoms with van der Waals surface area (Å²) in [6, 6.07) is 10.0. The summed E-state index contributed by atoms with van der Waals surface area (Å²) in [7, 11) is 1.46. The molecule has 0 heterocycles. The molecule has 3 nitrogen and oxygen atoms in total. The number of hydrogen-bond donors (Lipinski definition) is 1. The molecule has 2 aromatic rings. The molecule has 0 atom stereocenters. The van der Waals surface area contributed by atoms with Crippen LogP contribution in [-0.4, -0.2) is 7.11 Å². The lowest BCUT2D eigenvalue weighted by atomic mass is 9.95. The molecule has 0 saturated heterocycles. The SMILES string of the molecule is COc1ccc(-c2cc(C(F)(F)F)ccc2CC#N)cc1N. The van der Waals surface area contributed by atoms with E-state index in [9.17, 15) is 13.2 Å². The Bertz CT molecular complexity index is 733. The van der Waals surface area contributed by atoms with Crippen molar-refractivity contribution in [1.29, 1.82) is 5.26 Å². The lowest BCUT2D eigenvalue weighted by Gasteiger charge is -2.14. The third-order valence-electron chi connectivity index (χ3n) is 3.25. The van der Waals surface area contributed by atoms with Gasteiger partial charge in [-0.1, -0.05) is 12.1 Å². The fourth-order valence-electron chi connectivity index (χ4n) is 2.16. The average molecular weight is 306 g/mol. The summed E-state index contributed by atoms with van der Waals surface area (Å²) in [6.07, 6.45) is -4.43. The van der Waals surface area contributed by atoms with Crippen LogP contribution < -0.4 is 10.5 Å². The van der Waals surface area contributed by atoms with Gasteiger partial charge in [-0.15, -0.1) is 0 Å².